The minimum Gasteiger partial charge on any atom is -0.480 e. The molecule has 1 unspecified atom stereocenters. The van der Waals surface area contributed by atoms with E-state index in [9.17, 15) is 9.59 Å². The van der Waals surface area contributed by atoms with Gasteiger partial charge in [-0.1, -0.05) is 17.7 Å². The van der Waals surface area contributed by atoms with Gasteiger partial charge in [0, 0.05) is 11.6 Å². The number of carbonyl (C=O) groups excluding carboxylic acids is 2. The average molecular weight is 282 g/mol. The first-order chi connectivity index (χ1) is 8.95. The molecule has 0 bridgehead atoms. The molecule has 0 fully saturated rings. The summed E-state index contributed by atoms with van der Waals surface area (Å²) in [6.45, 7) is 6.90. The largest absolute Gasteiger partial charge is 0.480 e. The van der Waals surface area contributed by atoms with Crippen molar-refractivity contribution < 1.29 is 14.3 Å². The molecule has 0 saturated heterocycles. The van der Waals surface area contributed by atoms with E-state index in [4.69, 9.17) is 16.3 Å². The zero-order chi connectivity index (χ0) is 14.4. The highest BCUT2D eigenvalue weighted by molar-refractivity contribution is 6.31. The number of hydrogen-bond donors (Lipinski definition) is 1. The van der Waals surface area contributed by atoms with Crippen molar-refractivity contribution in [3.8, 4) is 5.75 Å². The van der Waals surface area contributed by atoms with Crippen LogP contribution in [0.4, 0.5) is 0 Å². The Hall–Kier alpha value is -1.81. The number of halogens is 1. The van der Waals surface area contributed by atoms with Crippen molar-refractivity contribution in [3.63, 3.8) is 0 Å². The van der Waals surface area contributed by atoms with E-state index in [0.29, 0.717) is 22.9 Å². The van der Waals surface area contributed by atoms with Crippen LogP contribution in [0.25, 0.3) is 0 Å². The van der Waals surface area contributed by atoms with Crippen molar-refractivity contribution in [2.24, 2.45) is 0 Å². The topological polar surface area (TPSA) is 55.4 Å². The Bertz CT molecular complexity index is 499. The highest BCUT2D eigenvalue weighted by Gasteiger charge is 2.17. The van der Waals surface area contributed by atoms with Crippen LogP contribution in [0.2, 0.25) is 5.02 Å². The van der Waals surface area contributed by atoms with E-state index in [-0.39, 0.29) is 11.7 Å². The zero-order valence-electron chi connectivity index (χ0n) is 10.9. The van der Waals surface area contributed by atoms with Crippen molar-refractivity contribution in [1.29, 1.82) is 0 Å². The van der Waals surface area contributed by atoms with Gasteiger partial charge < -0.3 is 10.1 Å². The van der Waals surface area contributed by atoms with Crippen molar-refractivity contribution in [1.82, 2.24) is 5.32 Å². The predicted octanol–water partition coefficient (Wildman–Crippen LogP) is 2.61. The lowest BCUT2D eigenvalue weighted by atomic mass is 10.1. The van der Waals surface area contributed by atoms with Gasteiger partial charge in [-0.2, -0.15) is 0 Å². The number of hydrogen-bond acceptors (Lipinski definition) is 3. The standard InChI is InChI=1S/C14H16ClNO3/c1-4-7-16-14(18)10(3)19-13-6-5-11(15)8-12(13)9(2)17/h4-6,8,10H,1,7H2,2-3H3,(H,16,18). The highest BCUT2D eigenvalue weighted by atomic mass is 35.5. The SMILES string of the molecule is C=CCNC(=O)C(C)Oc1ccc(Cl)cc1C(C)=O. The maximum absolute atomic E-state index is 11.7. The number of nitrogens with one attached hydrogen (secondary N) is 1. The number of carbonyl (C=O) groups is 2. The molecule has 0 saturated carbocycles. The Morgan fingerprint density at radius 1 is 1.53 bits per heavy atom. The first-order valence-electron chi connectivity index (χ1n) is 5.81. The molecule has 1 aromatic carbocycles. The molecule has 0 heterocycles. The van der Waals surface area contributed by atoms with Crippen molar-refractivity contribution in [2.45, 2.75) is 20.0 Å². The van der Waals surface area contributed by atoms with Crippen molar-refractivity contribution in [2.75, 3.05) is 6.54 Å². The zero-order valence-corrected chi connectivity index (χ0v) is 11.7. The third-order valence-electron chi connectivity index (χ3n) is 2.41. The lowest BCUT2D eigenvalue weighted by molar-refractivity contribution is -0.127. The smallest absolute Gasteiger partial charge is 0.261 e. The van der Waals surface area contributed by atoms with Crippen LogP contribution in [0.15, 0.2) is 30.9 Å². The third kappa shape index (κ3) is 4.41. The third-order valence-corrected chi connectivity index (χ3v) is 2.65. The molecule has 0 aliphatic heterocycles. The molecule has 0 spiro atoms. The van der Waals surface area contributed by atoms with Gasteiger partial charge in [-0.3, -0.25) is 9.59 Å². The Kier molecular flexibility index (Phi) is 5.57. The Morgan fingerprint density at radius 3 is 2.79 bits per heavy atom. The predicted molar refractivity (Wildman–Crippen MR) is 74.8 cm³/mol. The summed E-state index contributed by atoms with van der Waals surface area (Å²) in [7, 11) is 0. The van der Waals surface area contributed by atoms with Crippen LogP contribution in [-0.4, -0.2) is 24.3 Å². The second-order valence-corrected chi connectivity index (χ2v) is 4.43. The molecule has 0 aliphatic rings. The Balaban J connectivity index is 2.84. The molecule has 1 aromatic rings. The Morgan fingerprint density at radius 2 is 2.21 bits per heavy atom. The van der Waals surface area contributed by atoms with Crippen LogP contribution >= 0.6 is 11.6 Å². The van der Waals surface area contributed by atoms with Crippen molar-refractivity contribution in [3.05, 3.63) is 41.4 Å². The molecule has 0 aromatic heterocycles. The second-order valence-electron chi connectivity index (χ2n) is 3.99. The Labute approximate surface area is 117 Å². The maximum Gasteiger partial charge on any atom is 0.261 e. The molecular formula is C14H16ClNO3. The molecule has 1 amide bonds. The minimum atomic E-state index is -0.709. The fourth-order valence-corrected chi connectivity index (χ4v) is 1.61. The summed E-state index contributed by atoms with van der Waals surface area (Å²) in [5.74, 6) is -0.0984. The molecule has 19 heavy (non-hydrogen) atoms. The molecule has 0 radical (unpaired) electrons. The number of ether oxygens (including phenoxy) is 1. The lowest BCUT2D eigenvalue weighted by Crippen LogP contribution is -2.36. The van der Waals surface area contributed by atoms with Crippen LogP contribution in [0, 0.1) is 0 Å². The fourth-order valence-electron chi connectivity index (χ4n) is 1.44. The second kappa shape index (κ2) is 6.95. The van der Waals surface area contributed by atoms with Crippen LogP contribution in [-0.2, 0) is 4.79 Å². The van der Waals surface area contributed by atoms with E-state index in [1.807, 2.05) is 0 Å². The molecule has 1 rings (SSSR count). The van der Waals surface area contributed by atoms with E-state index in [0.717, 1.165) is 0 Å². The van der Waals surface area contributed by atoms with Crippen LogP contribution in [0.5, 0.6) is 5.75 Å². The number of rotatable bonds is 6. The van der Waals surface area contributed by atoms with E-state index in [1.165, 1.54) is 13.0 Å². The van der Waals surface area contributed by atoms with E-state index in [2.05, 4.69) is 11.9 Å². The fraction of sp³-hybridized carbons (Fsp3) is 0.286. The van der Waals surface area contributed by atoms with Gasteiger partial charge in [0.2, 0.25) is 0 Å². The van der Waals surface area contributed by atoms with Gasteiger partial charge in [0.25, 0.3) is 5.91 Å². The van der Waals surface area contributed by atoms with Gasteiger partial charge in [-0.25, -0.2) is 0 Å². The van der Waals surface area contributed by atoms with Gasteiger partial charge in [-0.05, 0) is 32.0 Å². The first-order valence-corrected chi connectivity index (χ1v) is 6.19. The van der Waals surface area contributed by atoms with Gasteiger partial charge in [0.05, 0.1) is 5.56 Å². The van der Waals surface area contributed by atoms with Gasteiger partial charge >= 0.3 is 0 Å². The normalized spacial score (nSPS) is 11.5. The summed E-state index contributed by atoms with van der Waals surface area (Å²) in [4.78, 5) is 23.1. The molecule has 4 nitrogen and oxygen atoms in total. The van der Waals surface area contributed by atoms with Crippen LogP contribution in [0.1, 0.15) is 24.2 Å². The number of ketones is 1. The molecule has 1 atom stereocenters. The molecule has 102 valence electrons. The van der Waals surface area contributed by atoms with Crippen molar-refractivity contribution >= 4 is 23.3 Å². The quantitative estimate of drug-likeness (QED) is 0.644. The number of Topliss-reactive ketones (excluding diaryl/α,β-unsaturated/α-hetero) is 1. The summed E-state index contributed by atoms with van der Waals surface area (Å²) in [5, 5.41) is 3.07. The summed E-state index contributed by atoms with van der Waals surface area (Å²) in [6.07, 6.45) is 0.868. The first kappa shape index (κ1) is 15.2. The summed E-state index contributed by atoms with van der Waals surface area (Å²) in [6, 6.07) is 4.71. The number of benzene rings is 1. The van der Waals surface area contributed by atoms with Crippen LogP contribution < -0.4 is 10.1 Å². The monoisotopic (exact) mass is 281 g/mol. The van der Waals surface area contributed by atoms with Crippen LogP contribution in [0.3, 0.4) is 0 Å². The molecule has 0 aliphatic carbocycles. The molecule has 1 N–H and O–H groups in total. The molecule has 5 heteroatoms. The minimum absolute atomic E-state index is 0.170. The van der Waals surface area contributed by atoms with Gasteiger partial charge in [0.15, 0.2) is 11.9 Å². The van der Waals surface area contributed by atoms with E-state index >= 15 is 0 Å². The summed E-state index contributed by atoms with van der Waals surface area (Å²) >= 11 is 5.83. The number of amides is 1. The lowest BCUT2D eigenvalue weighted by Gasteiger charge is -2.16. The maximum atomic E-state index is 11.7. The van der Waals surface area contributed by atoms with Gasteiger partial charge in [-0.15, -0.1) is 6.58 Å². The molecular weight excluding hydrogens is 266 g/mol. The summed E-state index contributed by atoms with van der Waals surface area (Å²) in [5.41, 5.74) is 0.357. The van der Waals surface area contributed by atoms with Gasteiger partial charge in [0.1, 0.15) is 5.75 Å². The average Bonchev–Trinajstić information content (AvgIpc) is 2.37. The highest BCUT2D eigenvalue weighted by Crippen LogP contribution is 2.24. The van der Waals surface area contributed by atoms with E-state index in [1.54, 1.807) is 25.1 Å². The van der Waals surface area contributed by atoms with E-state index < -0.39 is 6.10 Å². The summed E-state index contributed by atoms with van der Waals surface area (Å²) < 4.78 is 5.49.